The van der Waals surface area contributed by atoms with Gasteiger partial charge in [-0.05, 0) is 35.6 Å². The molecular weight excluding hydrogens is 445 g/mol. The molecule has 0 saturated carbocycles. The lowest BCUT2D eigenvalue weighted by Crippen LogP contribution is -2.29. The summed E-state index contributed by atoms with van der Waals surface area (Å²) in [6.45, 7) is 2.61. The molecule has 32 heavy (non-hydrogen) atoms. The number of aromatic nitrogens is 3. The van der Waals surface area contributed by atoms with Gasteiger partial charge in [0.15, 0.2) is 5.65 Å². The van der Waals surface area contributed by atoms with Gasteiger partial charge in [0, 0.05) is 35.9 Å². The first-order valence-corrected chi connectivity index (χ1v) is 12.2. The molecule has 0 aliphatic rings. The number of aryl methyl sites for hydroxylation is 1. The molecule has 2 N–H and O–H groups in total. The molecular formula is C22H23BClN5O2S. The Morgan fingerprint density at radius 3 is 2.56 bits per heavy atom. The molecule has 0 radical (unpaired) electrons. The Morgan fingerprint density at radius 1 is 1.09 bits per heavy atom. The van der Waals surface area contributed by atoms with Gasteiger partial charge in [-0.25, -0.2) is 18.1 Å². The Hall–Kier alpha value is -2.88. The molecule has 0 atom stereocenters. The molecule has 0 bridgehead atoms. The van der Waals surface area contributed by atoms with Gasteiger partial charge in [0.25, 0.3) is 0 Å². The van der Waals surface area contributed by atoms with Crippen LogP contribution in [-0.2, 0) is 16.4 Å². The number of anilines is 1. The largest absolute Gasteiger partial charge is 0.369 e. The van der Waals surface area contributed by atoms with Crippen molar-refractivity contribution in [1.29, 1.82) is 0 Å². The Kier molecular flexibility index (Phi) is 6.50. The van der Waals surface area contributed by atoms with Crippen molar-refractivity contribution in [3.63, 3.8) is 0 Å². The van der Waals surface area contributed by atoms with Crippen LogP contribution >= 0.6 is 11.6 Å². The molecule has 0 amide bonds. The predicted molar refractivity (Wildman–Crippen MR) is 131 cm³/mol. The number of hydrogen-bond donors (Lipinski definition) is 2. The minimum absolute atomic E-state index is 0.212. The highest BCUT2D eigenvalue weighted by Crippen LogP contribution is 2.28. The summed E-state index contributed by atoms with van der Waals surface area (Å²) in [5.41, 5.74) is 4.26. The lowest BCUT2D eigenvalue weighted by molar-refractivity contribution is 0.583. The van der Waals surface area contributed by atoms with Crippen molar-refractivity contribution in [3.8, 4) is 11.3 Å². The van der Waals surface area contributed by atoms with Crippen molar-refractivity contribution < 1.29 is 8.42 Å². The number of nitrogens with one attached hydrogen (secondary N) is 2. The van der Waals surface area contributed by atoms with Gasteiger partial charge in [-0.3, -0.25) is 0 Å². The molecule has 0 aliphatic carbocycles. The van der Waals surface area contributed by atoms with Crippen LogP contribution in [0.25, 0.3) is 16.9 Å². The molecule has 0 unspecified atom stereocenters. The Balaban J connectivity index is 1.51. The van der Waals surface area contributed by atoms with Crippen LogP contribution in [0.2, 0.25) is 5.02 Å². The fourth-order valence-electron chi connectivity index (χ4n) is 3.37. The standard InChI is InChI=1S/C22H23BClN5O2S/c1-2-15-7-9-16(10-8-15)32(30,31)27-12-11-25-21-13-20(17-5-3-4-6-19(17)24)28-22-18(23)14-26-29(21)22/h3-10,13-14,25,27H,2,11-12,23H2,1H3. The second-order valence-electron chi connectivity index (χ2n) is 7.39. The maximum Gasteiger partial charge on any atom is 0.240 e. The monoisotopic (exact) mass is 467 g/mol. The van der Waals surface area contributed by atoms with Crippen LogP contribution < -0.4 is 15.5 Å². The van der Waals surface area contributed by atoms with Crippen molar-refractivity contribution in [3.05, 3.63) is 71.4 Å². The highest BCUT2D eigenvalue weighted by Gasteiger charge is 2.15. The van der Waals surface area contributed by atoms with Crippen LogP contribution in [0.1, 0.15) is 12.5 Å². The lowest BCUT2D eigenvalue weighted by atomic mass is 10.0. The maximum absolute atomic E-state index is 12.6. The van der Waals surface area contributed by atoms with E-state index in [2.05, 4.69) is 15.1 Å². The normalized spacial score (nSPS) is 11.7. The van der Waals surface area contributed by atoms with E-state index in [0.717, 1.165) is 23.0 Å². The van der Waals surface area contributed by atoms with Gasteiger partial charge in [-0.1, -0.05) is 48.9 Å². The molecule has 2 aromatic carbocycles. The summed E-state index contributed by atoms with van der Waals surface area (Å²) < 4.78 is 29.4. The van der Waals surface area contributed by atoms with E-state index in [1.54, 1.807) is 22.8 Å². The second-order valence-corrected chi connectivity index (χ2v) is 9.57. The SMILES string of the molecule is Bc1cnn2c(NCCNS(=O)(=O)c3ccc(CC)cc3)cc(-c3ccccc3Cl)nc12. The lowest BCUT2D eigenvalue weighted by Gasteiger charge is -2.12. The molecule has 10 heteroatoms. The van der Waals surface area contributed by atoms with Crippen molar-refractivity contribution in [2.45, 2.75) is 18.2 Å². The van der Waals surface area contributed by atoms with Gasteiger partial charge >= 0.3 is 0 Å². The van der Waals surface area contributed by atoms with E-state index in [0.29, 0.717) is 28.7 Å². The van der Waals surface area contributed by atoms with E-state index in [-0.39, 0.29) is 11.4 Å². The average molecular weight is 468 g/mol. The van der Waals surface area contributed by atoms with Crippen LogP contribution in [0.3, 0.4) is 0 Å². The van der Waals surface area contributed by atoms with Crippen molar-refractivity contribution in [2.24, 2.45) is 0 Å². The third-order valence-corrected chi connectivity index (χ3v) is 6.97. The van der Waals surface area contributed by atoms with Crippen LogP contribution in [-0.4, -0.2) is 44.0 Å². The van der Waals surface area contributed by atoms with Crippen LogP contribution in [0.4, 0.5) is 5.82 Å². The molecule has 7 nitrogen and oxygen atoms in total. The molecule has 0 saturated heterocycles. The summed E-state index contributed by atoms with van der Waals surface area (Å²) >= 11 is 6.37. The highest BCUT2D eigenvalue weighted by atomic mass is 35.5. The first kappa shape index (κ1) is 22.3. The number of benzene rings is 2. The van der Waals surface area contributed by atoms with E-state index < -0.39 is 10.0 Å². The van der Waals surface area contributed by atoms with Crippen molar-refractivity contribution in [2.75, 3.05) is 18.4 Å². The maximum atomic E-state index is 12.6. The van der Waals surface area contributed by atoms with Crippen molar-refractivity contribution >= 4 is 46.4 Å². The second kappa shape index (κ2) is 9.32. The summed E-state index contributed by atoms with van der Waals surface area (Å²) in [5.74, 6) is 0.699. The van der Waals surface area contributed by atoms with E-state index >= 15 is 0 Å². The molecule has 2 heterocycles. The zero-order chi connectivity index (χ0) is 22.7. The van der Waals surface area contributed by atoms with E-state index in [9.17, 15) is 8.42 Å². The highest BCUT2D eigenvalue weighted by molar-refractivity contribution is 7.89. The Morgan fingerprint density at radius 2 is 1.84 bits per heavy atom. The van der Waals surface area contributed by atoms with E-state index in [1.165, 1.54) is 0 Å². The fraction of sp³-hybridized carbons (Fsp3) is 0.182. The quantitative estimate of drug-likeness (QED) is 0.306. The Labute approximate surface area is 193 Å². The number of sulfonamides is 1. The summed E-state index contributed by atoms with van der Waals surface area (Å²) in [7, 11) is -1.64. The van der Waals surface area contributed by atoms with Crippen LogP contribution in [0.5, 0.6) is 0 Å². The van der Waals surface area contributed by atoms with Gasteiger partial charge in [-0.15, -0.1) is 0 Å². The zero-order valence-electron chi connectivity index (χ0n) is 17.8. The van der Waals surface area contributed by atoms with Crippen LogP contribution in [0.15, 0.2) is 65.7 Å². The summed E-state index contributed by atoms with van der Waals surface area (Å²) in [5, 5.41) is 8.26. The first-order valence-electron chi connectivity index (χ1n) is 10.3. The smallest absolute Gasteiger partial charge is 0.240 e. The summed E-state index contributed by atoms with van der Waals surface area (Å²) in [6.07, 6.45) is 2.60. The predicted octanol–water partition coefficient (Wildman–Crippen LogP) is 2.26. The molecule has 0 aliphatic heterocycles. The Bertz CT molecular complexity index is 1360. The van der Waals surface area contributed by atoms with Gasteiger partial charge in [0.1, 0.15) is 13.7 Å². The fourth-order valence-corrected chi connectivity index (χ4v) is 4.63. The molecule has 2 aromatic heterocycles. The average Bonchev–Trinajstić information content (AvgIpc) is 3.18. The molecule has 4 aromatic rings. The van der Waals surface area contributed by atoms with Gasteiger partial charge < -0.3 is 5.32 Å². The minimum Gasteiger partial charge on any atom is -0.369 e. The molecule has 0 fully saturated rings. The molecule has 0 spiro atoms. The van der Waals surface area contributed by atoms with E-state index in [4.69, 9.17) is 16.6 Å². The number of nitrogens with zero attached hydrogens (tertiary/aromatic N) is 3. The third-order valence-electron chi connectivity index (χ3n) is 5.16. The molecule has 4 rings (SSSR count). The number of fused-ring (bicyclic) bond motifs is 1. The zero-order valence-corrected chi connectivity index (χ0v) is 19.4. The van der Waals surface area contributed by atoms with Gasteiger partial charge in [-0.2, -0.15) is 9.61 Å². The molecule has 164 valence electrons. The summed E-state index contributed by atoms with van der Waals surface area (Å²) in [6, 6.07) is 16.3. The van der Waals surface area contributed by atoms with E-state index in [1.807, 2.05) is 57.2 Å². The first-order chi connectivity index (χ1) is 15.4. The summed E-state index contributed by atoms with van der Waals surface area (Å²) in [4.78, 5) is 4.97. The minimum atomic E-state index is -3.58. The van der Waals surface area contributed by atoms with Gasteiger partial charge in [0.2, 0.25) is 10.0 Å². The number of hydrogen-bond acceptors (Lipinski definition) is 5. The number of rotatable bonds is 8. The van der Waals surface area contributed by atoms with Crippen LogP contribution in [0, 0.1) is 0 Å². The topological polar surface area (TPSA) is 88.4 Å². The van der Waals surface area contributed by atoms with Crippen molar-refractivity contribution in [1.82, 2.24) is 19.3 Å². The third kappa shape index (κ3) is 4.65. The van der Waals surface area contributed by atoms with Gasteiger partial charge in [0.05, 0.1) is 10.6 Å². The number of halogens is 1.